The average Bonchev–Trinajstić information content (AvgIpc) is 2.98. The topological polar surface area (TPSA) is 59.8 Å². The number of ketones is 1. The van der Waals surface area contributed by atoms with E-state index in [9.17, 15) is 4.79 Å². The van der Waals surface area contributed by atoms with Crippen LogP contribution in [0, 0.1) is 0 Å². The van der Waals surface area contributed by atoms with Crippen LogP contribution in [0.4, 0.5) is 5.69 Å². The predicted octanol–water partition coefficient (Wildman–Crippen LogP) is 1.21. The van der Waals surface area contributed by atoms with Crippen LogP contribution in [-0.2, 0) is 19.9 Å². The molecule has 5 heteroatoms. The molecule has 18 heavy (non-hydrogen) atoms. The zero-order valence-electron chi connectivity index (χ0n) is 10.2. The first-order valence-electron chi connectivity index (χ1n) is 5.97. The fraction of sp³-hybridized carbons (Fsp3) is 0.308. The Bertz CT molecular complexity index is 603. The minimum atomic E-state index is 0.0841. The summed E-state index contributed by atoms with van der Waals surface area (Å²) in [5, 5.41) is 7.25. The summed E-state index contributed by atoms with van der Waals surface area (Å²) in [7, 11) is 1.79. The second-order valence-electron chi connectivity index (χ2n) is 4.45. The van der Waals surface area contributed by atoms with Crippen LogP contribution in [0.5, 0.6) is 0 Å². The fourth-order valence-electron chi connectivity index (χ4n) is 2.20. The number of hydrogen-bond donors (Lipinski definition) is 1. The third-order valence-corrected chi connectivity index (χ3v) is 3.26. The molecule has 0 amide bonds. The van der Waals surface area contributed by atoms with Crippen molar-refractivity contribution in [1.29, 1.82) is 0 Å². The molecule has 1 aromatic carbocycles. The molecule has 1 N–H and O–H groups in total. The van der Waals surface area contributed by atoms with E-state index in [1.165, 1.54) is 11.9 Å². The number of rotatable bonds is 3. The van der Waals surface area contributed by atoms with Crippen molar-refractivity contribution in [1.82, 2.24) is 14.8 Å². The highest BCUT2D eigenvalue weighted by Crippen LogP contribution is 2.23. The fourth-order valence-corrected chi connectivity index (χ4v) is 2.20. The van der Waals surface area contributed by atoms with Gasteiger partial charge in [-0.15, -0.1) is 0 Å². The molecule has 5 nitrogen and oxygen atoms in total. The first-order valence-corrected chi connectivity index (χ1v) is 5.97. The van der Waals surface area contributed by atoms with Gasteiger partial charge in [0.25, 0.3) is 0 Å². The van der Waals surface area contributed by atoms with Gasteiger partial charge in [-0.3, -0.25) is 9.48 Å². The summed E-state index contributed by atoms with van der Waals surface area (Å²) < 4.78 is 1.63. The summed E-state index contributed by atoms with van der Waals surface area (Å²) in [4.78, 5) is 16.2. The summed E-state index contributed by atoms with van der Waals surface area (Å²) >= 11 is 0. The van der Waals surface area contributed by atoms with Crippen LogP contribution in [0.3, 0.4) is 0 Å². The third-order valence-electron chi connectivity index (χ3n) is 3.26. The highest BCUT2D eigenvalue weighted by atomic mass is 16.1. The Morgan fingerprint density at radius 1 is 1.50 bits per heavy atom. The van der Waals surface area contributed by atoms with E-state index in [0.29, 0.717) is 12.2 Å². The summed E-state index contributed by atoms with van der Waals surface area (Å²) in [5.41, 5.74) is 3.12. The lowest BCUT2D eigenvalue weighted by molar-refractivity contribution is 0.0989. The molecule has 3 rings (SSSR count). The van der Waals surface area contributed by atoms with Crippen molar-refractivity contribution in [2.24, 2.45) is 7.05 Å². The lowest BCUT2D eigenvalue weighted by Gasteiger charge is -2.04. The number of carbonyl (C=O) groups excluding carboxylic acids is 1. The molecule has 0 aliphatic carbocycles. The van der Waals surface area contributed by atoms with E-state index in [1.54, 1.807) is 11.7 Å². The number of nitrogens with one attached hydrogen (secondary N) is 1. The van der Waals surface area contributed by atoms with Crippen LogP contribution >= 0.6 is 0 Å². The Morgan fingerprint density at radius 3 is 3.17 bits per heavy atom. The molecule has 92 valence electrons. The van der Waals surface area contributed by atoms with Gasteiger partial charge in [-0.2, -0.15) is 5.10 Å². The normalized spacial score (nSPS) is 13.2. The molecule has 0 unspecified atom stereocenters. The van der Waals surface area contributed by atoms with Crippen molar-refractivity contribution >= 4 is 11.5 Å². The molecule has 0 atom stereocenters. The van der Waals surface area contributed by atoms with Gasteiger partial charge >= 0.3 is 0 Å². The van der Waals surface area contributed by atoms with Crippen LogP contribution in [0.25, 0.3) is 0 Å². The summed E-state index contributed by atoms with van der Waals surface area (Å²) in [6, 6.07) is 5.83. The molecule has 0 spiro atoms. The Labute approximate surface area is 105 Å². The van der Waals surface area contributed by atoms with Gasteiger partial charge in [0.1, 0.15) is 12.2 Å². The zero-order chi connectivity index (χ0) is 12.5. The van der Waals surface area contributed by atoms with Gasteiger partial charge in [-0.25, -0.2) is 4.98 Å². The SMILES string of the molecule is Cn1ncnc1CC(=O)c1ccc2c(c1)CCN2. The third kappa shape index (κ3) is 1.88. The van der Waals surface area contributed by atoms with Crippen LogP contribution in [-0.4, -0.2) is 27.1 Å². The van der Waals surface area contributed by atoms with Crippen molar-refractivity contribution in [3.63, 3.8) is 0 Å². The monoisotopic (exact) mass is 242 g/mol. The quantitative estimate of drug-likeness (QED) is 0.822. The molecule has 0 saturated heterocycles. The number of nitrogens with zero attached hydrogens (tertiary/aromatic N) is 3. The maximum atomic E-state index is 12.2. The Hall–Kier alpha value is -2.17. The van der Waals surface area contributed by atoms with Crippen LogP contribution in [0.15, 0.2) is 24.5 Å². The number of carbonyl (C=O) groups is 1. The van der Waals surface area contributed by atoms with Gasteiger partial charge in [0, 0.05) is 24.8 Å². The maximum Gasteiger partial charge on any atom is 0.170 e. The van der Waals surface area contributed by atoms with Crippen molar-refractivity contribution in [2.75, 3.05) is 11.9 Å². The van der Waals surface area contributed by atoms with Crippen molar-refractivity contribution in [3.05, 3.63) is 41.5 Å². The molecular weight excluding hydrogens is 228 g/mol. The van der Waals surface area contributed by atoms with Crippen LogP contribution < -0.4 is 5.32 Å². The van der Waals surface area contributed by atoms with E-state index >= 15 is 0 Å². The molecule has 0 bridgehead atoms. The van der Waals surface area contributed by atoms with E-state index in [4.69, 9.17) is 0 Å². The van der Waals surface area contributed by atoms with Crippen LogP contribution in [0.1, 0.15) is 21.7 Å². The minimum Gasteiger partial charge on any atom is -0.384 e. The highest BCUT2D eigenvalue weighted by Gasteiger charge is 2.15. The molecule has 0 radical (unpaired) electrons. The molecule has 0 fully saturated rings. The standard InChI is InChI=1S/C13H14N4O/c1-17-13(15-8-16-17)7-12(18)10-2-3-11-9(6-10)4-5-14-11/h2-3,6,8,14H,4-5,7H2,1H3. The zero-order valence-corrected chi connectivity index (χ0v) is 10.2. The lowest BCUT2D eigenvalue weighted by atomic mass is 10.0. The van der Waals surface area contributed by atoms with E-state index in [-0.39, 0.29) is 5.78 Å². The van der Waals surface area contributed by atoms with Gasteiger partial charge in [0.05, 0.1) is 6.42 Å². The average molecular weight is 242 g/mol. The van der Waals surface area contributed by atoms with E-state index in [1.807, 2.05) is 18.2 Å². The number of anilines is 1. The first-order chi connectivity index (χ1) is 8.74. The van der Waals surface area contributed by atoms with E-state index < -0.39 is 0 Å². The van der Waals surface area contributed by atoms with Gasteiger partial charge < -0.3 is 5.32 Å². The molecule has 1 aliphatic rings. The molecule has 1 aromatic heterocycles. The van der Waals surface area contributed by atoms with Crippen molar-refractivity contribution < 1.29 is 4.79 Å². The van der Waals surface area contributed by atoms with Crippen molar-refractivity contribution in [3.8, 4) is 0 Å². The van der Waals surface area contributed by atoms with E-state index in [0.717, 1.165) is 24.2 Å². The maximum absolute atomic E-state index is 12.2. The van der Waals surface area contributed by atoms with Crippen molar-refractivity contribution in [2.45, 2.75) is 12.8 Å². The molecule has 0 saturated carbocycles. The number of aryl methyl sites for hydroxylation is 1. The predicted molar refractivity (Wildman–Crippen MR) is 67.7 cm³/mol. The summed E-state index contributed by atoms with van der Waals surface area (Å²) in [6.45, 7) is 0.955. The Balaban J connectivity index is 1.83. The summed E-state index contributed by atoms with van der Waals surface area (Å²) in [5.74, 6) is 0.777. The molecule has 1 aliphatic heterocycles. The van der Waals surface area contributed by atoms with Gasteiger partial charge in [-0.05, 0) is 30.2 Å². The number of hydrogen-bond acceptors (Lipinski definition) is 4. The Morgan fingerprint density at radius 2 is 2.39 bits per heavy atom. The second kappa shape index (κ2) is 4.25. The molecular formula is C13H14N4O. The highest BCUT2D eigenvalue weighted by molar-refractivity contribution is 5.97. The molecule has 2 aromatic rings. The van der Waals surface area contributed by atoms with Gasteiger partial charge in [0.2, 0.25) is 0 Å². The lowest BCUT2D eigenvalue weighted by Crippen LogP contribution is -2.09. The number of benzene rings is 1. The largest absolute Gasteiger partial charge is 0.384 e. The minimum absolute atomic E-state index is 0.0841. The number of aromatic nitrogens is 3. The Kier molecular flexibility index (Phi) is 2.59. The van der Waals surface area contributed by atoms with Gasteiger partial charge in [-0.1, -0.05) is 0 Å². The number of fused-ring (bicyclic) bond motifs is 1. The molecule has 2 heterocycles. The van der Waals surface area contributed by atoms with Gasteiger partial charge in [0.15, 0.2) is 5.78 Å². The first kappa shape index (κ1) is 11.0. The smallest absolute Gasteiger partial charge is 0.170 e. The van der Waals surface area contributed by atoms with E-state index in [2.05, 4.69) is 15.4 Å². The number of Topliss-reactive ketones (excluding diaryl/α,β-unsaturated/α-hetero) is 1. The second-order valence-corrected chi connectivity index (χ2v) is 4.45. The summed E-state index contributed by atoms with van der Waals surface area (Å²) in [6.07, 6.45) is 2.75. The van der Waals surface area contributed by atoms with Crippen LogP contribution in [0.2, 0.25) is 0 Å².